The monoisotopic (exact) mass is 678 g/mol. The largest absolute Gasteiger partial charge is 0.192 e. The number of fused-ring (bicyclic) bond motifs is 11. The first-order valence-corrected chi connectivity index (χ1v) is 18.3. The van der Waals surface area contributed by atoms with Crippen LogP contribution in [0.1, 0.15) is 11.1 Å². The molecule has 0 aliphatic heterocycles. The molecule has 54 heavy (non-hydrogen) atoms. The second kappa shape index (κ2) is 10.5. The van der Waals surface area contributed by atoms with Crippen LogP contribution in [0.5, 0.6) is 0 Å². The molecular formula is C52H26N2. The van der Waals surface area contributed by atoms with E-state index in [2.05, 4.69) is 133 Å². The Labute approximate surface area is 311 Å². The molecule has 10 aromatic carbocycles. The summed E-state index contributed by atoms with van der Waals surface area (Å²) in [6.07, 6.45) is 0. The van der Waals surface area contributed by atoms with E-state index in [1.807, 2.05) is 36.4 Å². The van der Waals surface area contributed by atoms with Crippen LogP contribution in [-0.2, 0) is 0 Å². The van der Waals surface area contributed by atoms with Crippen LogP contribution in [0.15, 0.2) is 158 Å². The summed E-state index contributed by atoms with van der Waals surface area (Å²) in [5.74, 6) is 0. The zero-order chi connectivity index (χ0) is 35.7. The van der Waals surface area contributed by atoms with Crippen molar-refractivity contribution in [1.29, 1.82) is 10.5 Å². The average Bonchev–Trinajstić information content (AvgIpc) is 3.72. The molecule has 2 nitrogen and oxygen atoms in total. The molecule has 12 rings (SSSR count). The van der Waals surface area contributed by atoms with Gasteiger partial charge in [-0.25, -0.2) is 0 Å². The van der Waals surface area contributed by atoms with Gasteiger partial charge in [-0.2, -0.15) is 10.5 Å². The Kier molecular flexibility index (Phi) is 5.67. The molecule has 0 unspecified atom stereocenters. The van der Waals surface area contributed by atoms with Crippen molar-refractivity contribution < 1.29 is 0 Å². The second-order valence-corrected chi connectivity index (χ2v) is 14.6. The summed E-state index contributed by atoms with van der Waals surface area (Å²) in [6, 6.07) is 61.4. The van der Waals surface area contributed by atoms with Gasteiger partial charge in [-0.15, -0.1) is 0 Å². The van der Waals surface area contributed by atoms with Gasteiger partial charge in [0, 0.05) is 11.1 Å². The molecule has 2 aliphatic carbocycles. The van der Waals surface area contributed by atoms with E-state index in [4.69, 9.17) is 0 Å². The van der Waals surface area contributed by atoms with E-state index in [-0.39, 0.29) is 0 Å². The maximum atomic E-state index is 10.4. The lowest BCUT2D eigenvalue weighted by Gasteiger charge is -2.19. The Morgan fingerprint density at radius 1 is 0.259 bits per heavy atom. The molecule has 0 radical (unpaired) electrons. The summed E-state index contributed by atoms with van der Waals surface area (Å²) in [7, 11) is 0. The molecule has 2 heteroatoms. The number of nitrogens with zero attached hydrogens (tertiary/aromatic N) is 2. The van der Waals surface area contributed by atoms with E-state index in [0.29, 0.717) is 11.1 Å². The van der Waals surface area contributed by atoms with Crippen LogP contribution >= 0.6 is 0 Å². The molecule has 0 heterocycles. The predicted octanol–water partition coefficient (Wildman–Crippen LogP) is 13.8. The van der Waals surface area contributed by atoms with Crippen molar-refractivity contribution in [2.24, 2.45) is 0 Å². The van der Waals surface area contributed by atoms with Gasteiger partial charge in [0.25, 0.3) is 0 Å². The fourth-order valence-electron chi connectivity index (χ4n) is 9.68. The molecule has 244 valence electrons. The second-order valence-electron chi connectivity index (χ2n) is 14.6. The van der Waals surface area contributed by atoms with E-state index in [1.54, 1.807) is 0 Å². The van der Waals surface area contributed by atoms with Crippen LogP contribution in [0.2, 0.25) is 0 Å². The van der Waals surface area contributed by atoms with E-state index in [0.717, 1.165) is 54.6 Å². The topological polar surface area (TPSA) is 47.6 Å². The summed E-state index contributed by atoms with van der Waals surface area (Å²) in [5.41, 5.74) is 15.1. The maximum Gasteiger partial charge on any atom is 0.0998 e. The highest BCUT2D eigenvalue weighted by atomic mass is 14.3. The van der Waals surface area contributed by atoms with Crippen molar-refractivity contribution in [2.45, 2.75) is 0 Å². The number of nitriles is 2. The Morgan fingerprint density at radius 2 is 0.556 bits per heavy atom. The van der Waals surface area contributed by atoms with Gasteiger partial charge in [0.15, 0.2) is 0 Å². The number of rotatable bonds is 2. The van der Waals surface area contributed by atoms with Crippen molar-refractivity contribution in [3.63, 3.8) is 0 Å². The normalized spacial score (nSPS) is 12.0. The first-order valence-electron chi connectivity index (χ1n) is 18.3. The van der Waals surface area contributed by atoms with Crippen LogP contribution < -0.4 is 0 Å². The highest BCUT2D eigenvalue weighted by Crippen LogP contribution is 2.54. The van der Waals surface area contributed by atoms with E-state index >= 15 is 0 Å². The SMILES string of the molecule is N#Cc1ccccc1-c1cc2c3cc4c(cc3c(-c3ccccc3C#N)cc2c2cc3c(cc12)-c1cccc2cccc-3c12)-c1cccc2cccc-4c12. The van der Waals surface area contributed by atoms with Crippen LogP contribution in [0, 0.1) is 22.7 Å². The van der Waals surface area contributed by atoms with Gasteiger partial charge in [0.05, 0.1) is 23.3 Å². The third-order valence-corrected chi connectivity index (χ3v) is 12.0. The predicted molar refractivity (Wildman–Crippen MR) is 223 cm³/mol. The summed E-state index contributed by atoms with van der Waals surface area (Å²) in [5, 5.41) is 32.6. The lowest BCUT2D eigenvalue weighted by atomic mass is 9.83. The van der Waals surface area contributed by atoms with Crippen molar-refractivity contribution in [3.8, 4) is 78.9 Å². The molecule has 0 saturated heterocycles. The third-order valence-electron chi connectivity index (χ3n) is 12.0. The molecule has 0 saturated carbocycles. The lowest BCUT2D eigenvalue weighted by Crippen LogP contribution is -1.93. The quantitative estimate of drug-likeness (QED) is 0.171. The number of hydrogen-bond acceptors (Lipinski definition) is 2. The van der Waals surface area contributed by atoms with Gasteiger partial charge in [0.1, 0.15) is 0 Å². The zero-order valence-corrected chi connectivity index (χ0v) is 28.9. The Morgan fingerprint density at radius 3 is 0.926 bits per heavy atom. The van der Waals surface area contributed by atoms with Gasteiger partial charge in [-0.05, 0) is 158 Å². The van der Waals surface area contributed by atoms with Gasteiger partial charge >= 0.3 is 0 Å². The van der Waals surface area contributed by atoms with Crippen molar-refractivity contribution in [3.05, 3.63) is 169 Å². The van der Waals surface area contributed by atoms with E-state index in [9.17, 15) is 10.5 Å². The van der Waals surface area contributed by atoms with Crippen LogP contribution in [-0.4, -0.2) is 0 Å². The maximum absolute atomic E-state index is 10.4. The molecule has 0 N–H and O–H groups in total. The highest BCUT2D eigenvalue weighted by molar-refractivity contribution is 6.29. The summed E-state index contributed by atoms with van der Waals surface area (Å²) in [4.78, 5) is 0. The van der Waals surface area contributed by atoms with E-state index in [1.165, 1.54) is 66.1 Å². The van der Waals surface area contributed by atoms with E-state index < -0.39 is 0 Å². The van der Waals surface area contributed by atoms with Crippen LogP contribution in [0.4, 0.5) is 0 Å². The molecule has 2 aliphatic rings. The summed E-state index contributed by atoms with van der Waals surface area (Å²) in [6.45, 7) is 0. The fraction of sp³-hybridized carbons (Fsp3) is 0. The summed E-state index contributed by atoms with van der Waals surface area (Å²) >= 11 is 0. The zero-order valence-electron chi connectivity index (χ0n) is 28.9. The minimum Gasteiger partial charge on any atom is -0.192 e. The Hall–Kier alpha value is -7.52. The van der Waals surface area contributed by atoms with Crippen LogP contribution in [0.3, 0.4) is 0 Å². The van der Waals surface area contributed by atoms with Crippen molar-refractivity contribution in [2.75, 3.05) is 0 Å². The minimum absolute atomic E-state index is 0.649. The number of benzene rings is 10. The fourth-order valence-corrected chi connectivity index (χ4v) is 9.68. The lowest BCUT2D eigenvalue weighted by molar-refractivity contribution is 1.48. The molecule has 0 amide bonds. The first-order chi connectivity index (χ1) is 26.7. The Balaban J connectivity index is 1.30. The first kappa shape index (κ1) is 29.1. The molecular weight excluding hydrogens is 653 g/mol. The molecule has 0 bridgehead atoms. The highest BCUT2D eigenvalue weighted by Gasteiger charge is 2.27. The molecule has 0 spiro atoms. The van der Waals surface area contributed by atoms with Crippen molar-refractivity contribution >= 4 is 53.9 Å². The molecule has 10 aromatic rings. The molecule has 0 aromatic heterocycles. The average molecular weight is 679 g/mol. The third kappa shape index (κ3) is 3.71. The van der Waals surface area contributed by atoms with Gasteiger partial charge in [-0.1, -0.05) is 109 Å². The van der Waals surface area contributed by atoms with Gasteiger partial charge in [0.2, 0.25) is 0 Å². The smallest absolute Gasteiger partial charge is 0.0998 e. The number of hydrogen-bond donors (Lipinski definition) is 0. The summed E-state index contributed by atoms with van der Waals surface area (Å²) < 4.78 is 0. The molecule has 0 fully saturated rings. The van der Waals surface area contributed by atoms with Gasteiger partial charge in [-0.3, -0.25) is 0 Å². The van der Waals surface area contributed by atoms with Gasteiger partial charge < -0.3 is 0 Å². The van der Waals surface area contributed by atoms with Crippen molar-refractivity contribution in [1.82, 2.24) is 0 Å². The standard InChI is InChI=1S/C52H26N2/c53-27-31-9-1-3-15-33(31)39-21-47-48(49-25-43-37-19-7-13-29-11-5-17-35(51(29)37)41(43)23-45(39)49)22-40(34-16-4-2-10-32(34)28-54)46-24-42-36-18-6-12-30-14-8-20-38(52(30)36)44(42)26-50(46)47/h1-26H. The molecule has 0 atom stereocenters. The Bertz CT molecular complexity index is 3220. The minimum atomic E-state index is 0.649. The van der Waals surface area contributed by atoms with Crippen LogP contribution in [0.25, 0.3) is 121 Å².